The number of rotatable bonds is 4. The molecule has 0 aliphatic heterocycles. The first-order valence-corrected chi connectivity index (χ1v) is 5.99. The fourth-order valence-corrected chi connectivity index (χ4v) is 1.73. The number of H-pyrrole nitrogens is 1. The van der Waals surface area contributed by atoms with Crippen molar-refractivity contribution in [2.24, 2.45) is 0 Å². The maximum atomic E-state index is 11.8. The first-order valence-electron chi connectivity index (χ1n) is 5.99. The van der Waals surface area contributed by atoms with Crippen molar-refractivity contribution < 1.29 is 9.53 Å². The number of anilines is 1. The summed E-state index contributed by atoms with van der Waals surface area (Å²) in [5.41, 5.74) is 7.32. The molecule has 0 aliphatic carbocycles. The third kappa shape index (κ3) is 3.17. The zero-order chi connectivity index (χ0) is 14.5. The van der Waals surface area contributed by atoms with Gasteiger partial charge in [-0.05, 0) is 23.8 Å². The number of carbonyl (C=O) groups excluding carboxylic acids is 1. The van der Waals surface area contributed by atoms with E-state index in [2.05, 4.69) is 10.3 Å². The van der Waals surface area contributed by atoms with Gasteiger partial charge in [-0.15, -0.1) is 0 Å². The number of nitrogens with one attached hydrogen (secondary N) is 2. The number of methoxy groups -OCH3 is 1. The zero-order valence-electron chi connectivity index (χ0n) is 11.0. The van der Waals surface area contributed by atoms with Crippen LogP contribution in [0.3, 0.4) is 0 Å². The Kier molecular flexibility index (Phi) is 4.05. The number of nitrogens with two attached hydrogens (primary N) is 1. The second-order valence-electron chi connectivity index (χ2n) is 4.20. The molecule has 0 saturated carbocycles. The predicted molar refractivity (Wildman–Crippen MR) is 75.6 cm³/mol. The summed E-state index contributed by atoms with van der Waals surface area (Å²) in [5, 5.41) is 2.74. The van der Waals surface area contributed by atoms with Crippen molar-refractivity contribution in [3.63, 3.8) is 0 Å². The highest BCUT2D eigenvalue weighted by Gasteiger charge is 2.06. The predicted octanol–water partition coefficient (Wildman–Crippen LogP) is 0.896. The molecule has 0 spiro atoms. The molecule has 6 heteroatoms. The molecule has 1 amide bonds. The number of benzene rings is 1. The van der Waals surface area contributed by atoms with Crippen LogP contribution in [0, 0.1) is 0 Å². The maximum Gasteiger partial charge on any atom is 0.253 e. The topological polar surface area (TPSA) is 97.2 Å². The molecule has 0 fully saturated rings. The molecule has 2 rings (SSSR count). The van der Waals surface area contributed by atoms with Crippen molar-refractivity contribution in [2.45, 2.75) is 6.54 Å². The number of pyridine rings is 1. The molecule has 1 aromatic carbocycles. The molecule has 0 bridgehead atoms. The van der Waals surface area contributed by atoms with Gasteiger partial charge in [-0.25, -0.2) is 0 Å². The number of ether oxygens (including phenoxy) is 1. The van der Waals surface area contributed by atoms with Gasteiger partial charge in [0, 0.05) is 18.8 Å². The van der Waals surface area contributed by atoms with E-state index in [1.807, 2.05) is 6.07 Å². The summed E-state index contributed by atoms with van der Waals surface area (Å²) in [6.07, 6.45) is 1.38. The molecule has 0 radical (unpaired) electrons. The first-order chi connectivity index (χ1) is 9.60. The number of aromatic nitrogens is 1. The monoisotopic (exact) mass is 273 g/mol. The molecule has 0 unspecified atom stereocenters. The van der Waals surface area contributed by atoms with Gasteiger partial charge in [0.25, 0.3) is 5.91 Å². The van der Waals surface area contributed by atoms with Crippen LogP contribution in [0.2, 0.25) is 0 Å². The molecular weight excluding hydrogens is 258 g/mol. The van der Waals surface area contributed by atoms with Crippen LogP contribution in [0.25, 0.3) is 0 Å². The summed E-state index contributed by atoms with van der Waals surface area (Å²) in [5.74, 6) is 0.330. The highest BCUT2D eigenvalue weighted by Crippen LogP contribution is 2.21. The Morgan fingerprint density at radius 2 is 2.15 bits per heavy atom. The lowest BCUT2D eigenvalue weighted by Gasteiger charge is -2.08. The van der Waals surface area contributed by atoms with Crippen LogP contribution < -0.4 is 21.3 Å². The Morgan fingerprint density at radius 1 is 1.35 bits per heavy atom. The van der Waals surface area contributed by atoms with Gasteiger partial charge in [-0.1, -0.05) is 6.07 Å². The van der Waals surface area contributed by atoms with Crippen LogP contribution in [0.15, 0.2) is 41.3 Å². The quantitative estimate of drug-likeness (QED) is 0.721. The lowest BCUT2D eigenvalue weighted by atomic mass is 10.2. The minimum atomic E-state index is -0.268. The number of amides is 1. The molecule has 0 atom stereocenters. The molecule has 4 N–H and O–H groups in total. The lowest BCUT2D eigenvalue weighted by molar-refractivity contribution is 0.0950. The van der Waals surface area contributed by atoms with Gasteiger partial charge < -0.3 is 20.8 Å². The number of aromatic amines is 1. The van der Waals surface area contributed by atoms with E-state index >= 15 is 0 Å². The molecular formula is C14H15N3O3. The van der Waals surface area contributed by atoms with Crippen LogP contribution in [0.5, 0.6) is 5.75 Å². The van der Waals surface area contributed by atoms with Gasteiger partial charge in [0.05, 0.1) is 18.4 Å². The van der Waals surface area contributed by atoms with E-state index in [9.17, 15) is 9.59 Å². The number of hydrogen-bond acceptors (Lipinski definition) is 4. The Hall–Kier alpha value is -2.76. The van der Waals surface area contributed by atoms with E-state index in [4.69, 9.17) is 10.5 Å². The average Bonchev–Trinajstić information content (AvgIpc) is 2.45. The van der Waals surface area contributed by atoms with E-state index in [0.717, 1.165) is 5.56 Å². The van der Waals surface area contributed by atoms with Crippen LogP contribution >= 0.6 is 0 Å². The van der Waals surface area contributed by atoms with E-state index in [1.165, 1.54) is 18.3 Å². The molecule has 104 valence electrons. The summed E-state index contributed by atoms with van der Waals surface area (Å²) in [6.45, 7) is 0.339. The fourth-order valence-electron chi connectivity index (χ4n) is 1.73. The van der Waals surface area contributed by atoms with Gasteiger partial charge in [-0.3, -0.25) is 9.59 Å². The van der Waals surface area contributed by atoms with Gasteiger partial charge in [0.1, 0.15) is 5.75 Å². The second kappa shape index (κ2) is 5.92. The molecule has 6 nitrogen and oxygen atoms in total. The minimum Gasteiger partial charge on any atom is -0.495 e. The Morgan fingerprint density at radius 3 is 2.75 bits per heavy atom. The van der Waals surface area contributed by atoms with Crippen molar-refractivity contribution in [3.05, 3.63) is 58.0 Å². The molecule has 1 aromatic heterocycles. The summed E-state index contributed by atoms with van der Waals surface area (Å²) in [7, 11) is 1.54. The van der Waals surface area contributed by atoms with Gasteiger partial charge >= 0.3 is 0 Å². The normalized spacial score (nSPS) is 10.1. The third-order valence-electron chi connectivity index (χ3n) is 2.79. The van der Waals surface area contributed by atoms with Crippen molar-refractivity contribution in [1.29, 1.82) is 0 Å². The first kappa shape index (κ1) is 13.7. The Labute approximate surface area is 115 Å². The Bertz CT molecular complexity index is 659. The van der Waals surface area contributed by atoms with Crippen LogP contribution in [0.4, 0.5) is 5.69 Å². The largest absolute Gasteiger partial charge is 0.495 e. The third-order valence-corrected chi connectivity index (χ3v) is 2.79. The Balaban J connectivity index is 2.01. The lowest BCUT2D eigenvalue weighted by Crippen LogP contribution is -2.23. The van der Waals surface area contributed by atoms with Crippen molar-refractivity contribution in [3.8, 4) is 5.75 Å². The zero-order valence-corrected chi connectivity index (χ0v) is 11.0. The number of carbonyl (C=O) groups is 1. The van der Waals surface area contributed by atoms with Crippen molar-refractivity contribution in [1.82, 2.24) is 10.3 Å². The highest BCUT2D eigenvalue weighted by atomic mass is 16.5. The van der Waals surface area contributed by atoms with Crippen LogP contribution in [-0.2, 0) is 6.54 Å². The van der Waals surface area contributed by atoms with E-state index in [1.54, 1.807) is 19.2 Å². The molecule has 0 saturated heterocycles. The van der Waals surface area contributed by atoms with Crippen molar-refractivity contribution >= 4 is 11.6 Å². The van der Waals surface area contributed by atoms with Gasteiger partial charge in [0.2, 0.25) is 5.56 Å². The van der Waals surface area contributed by atoms with Crippen molar-refractivity contribution in [2.75, 3.05) is 12.8 Å². The number of hydrogen-bond donors (Lipinski definition) is 3. The van der Waals surface area contributed by atoms with Gasteiger partial charge in [-0.2, -0.15) is 0 Å². The smallest absolute Gasteiger partial charge is 0.253 e. The van der Waals surface area contributed by atoms with Gasteiger partial charge in [0.15, 0.2) is 0 Å². The molecule has 1 heterocycles. The summed E-state index contributed by atoms with van der Waals surface area (Å²) < 4.78 is 5.06. The van der Waals surface area contributed by atoms with E-state index < -0.39 is 0 Å². The van der Waals surface area contributed by atoms with E-state index in [-0.39, 0.29) is 11.5 Å². The van der Waals surface area contributed by atoms with Crippen LogP contribution in [-0.4, -0.2) is 18.0 Å². The average molecular weight is 273 g/mol. The SMILES string of the molecule is COc1ccc(CNC(=O)c2ccc(=O)[nH]c2)cc1N. The summed E-state index contributed by atoms with van der Waals surface area (Å²) >= 11 is 0. The van der Waals surface area contributed by atoms with E-state index in [0.29, 0.717) is 23.5 Å². The molecule has 2 aromatic rings. The minimum absolute atomic E-state index is 0.246. The fraction of sp³-hybridized carbons (Fsp3) is 0.143. The summed E-state index contributed by atoms with van der Waals surface area (Å²) in [6, 6.07) is 8.09. The highest BCUT2D eigenvalue weighted by molar-refractivity contribution is 5.93. The standard InChI is InChI=1S/C14H15N3O3/c1-20-12-4-2-9(6-11(12)15)7-17-14(19)10-3-5-13(18)16-8-10/h2-6,8H,7,15H2,1H3,(H,16,18)(H,17,19). The summed E-state index contributed by atoms with van der Waals surface area (Å²) in [4.78, 5) is 25.2. The molecule has 0 aliphatic rings. The second-order valence-corrected chi connectivity index (χ2v) is 4.20. The van der Waals surface area contributed by atoms with Crippen LogP contribution in [0.1, 0.15) is 15.9 Å². The number of nitrogen functional groups attached to an aromatic ring is 1. The maximum absolute atomic E-state index is 11.8. The molecule has 20 heavy (non-hydrogen) atoms.